The first-order valence-electron chi connectivity index (χ1n) is 7.01. The number of amides is 1. The lowest BCUT2D eigenvalue weighted by molar-refractivity contribution is -0.110. The number of carbonyl (C=O) groups is 1. The Morgan fingerprint density at radius 2 is 1.90 bits per heavy atom. The summed E-state index contributed by atoms with van der Waals surface area (Å²) < 4.78 is 5.24. The largest absolute Gasteiger partial charge is 0.497 e. The molecule has 1 aliphatic heterocycles. The van der Waals surface area contributed by atoms with Gasteiger partial charge in [0.05, 0.1) is 7.11 Å². The van der Waals surface area contributed by atoms with E-state index in [0.29, 0.717) is 5.57 Å². The van der Waals surface area contributed by atoms with Crippen molar-refractivity contribution < 1.29 is 9.53 Å². The van der Waals surface area contributed by atoms with E-state index >= 15 is 0 Å². The van der Waals surface area contributed by atoms with E-state index in [0.717, 1.165) is 29.0 Å². The predicted molar refractivity (Wildman–Crippen MR) is 85.3 cm³/mol. The molecule has 106 valence electrons. The summed E-state index contributed by atoms with van der Waals surface area (Å²) in [5, 5.41) is 2.88. The highest BCUT2D eigenvalue weighted by Gasteiger charge is 2.24. The zero-order valence-electron chi connectivity index (χ0n) is 12.1. The van der Waals surface area contributed by atoms with Crippen molar-refractivity contribution in [2.45, 2.75) is 13.3 Å². The van der Waals surface area contributed by atoms with Gasteiger partial charge in [0.25, 0.3) is 5.91 Å². The Labute approximate surface area is 124 Å². The molecule has 0 saturated carbocycles. The molecule has 1 heterocycles. The van der Waals surface area contributed by atoms with Crippen LogP contribution in [0.15, 0.2) is 42.5 Å². The highest BCUT2D eigenvalue weighted by Crippen LogP contribution is 2.35. The highest BCUT2D eigenvalue weighted by molar-refractivity contribution is 6.35. The van der Waals surface area contributed by atoms with E-state index in [2.05, 4.69) is 24.4 Å². The molecular formula is C18H17NO2. The normalized spacial score (nSPS) is 15.0. The van der Waals surface area contributed by atoms with Crippen molar-refractivity contribution in [3.63, 3.8) is 0 Å². The molecule has 3 rings (SSSR count). The number of hydrogen-bond donors (Lipinski definition) is 1. The molecule has 0 aromatic heterocycles. The number of carbonyl (C=O) groups excluding carboxylic acids is 1. The lowest BCUT2D eigenvalue weighted by Gasteiger charge is -2.03. The lowest BCUT2D eigenvalue weighted by atomic mass is 10.0. The Kier molecular flexibility index (Phi) is 3.48. The summed E-state index contributed by atoms with van der Waals surface area (Å²) in [6.45, 7) is 2.13. The van der Waals surface area contributed by atoms with Crippen molar-refractivity contribution in [3.05, 3.63) is 59.2 Å². The number of anilines is 1. The zero-order chi connectivity index (χ0) is 14.8. The molecule has 0 saturated heterocycles. The Morgan fingerprint density at radius 1 is 1.14 bits per heavy atom. The Bertz CT molecular complexity index is 714. The Balaban J connectivity index is 2.02. The summed E-state index contributed by atoms with van der Waals surface area (Å²) in [4.78, 5) is 12.1. The van der Waals surface area contributed by atoms with Crippen molar-refractivity contribution in [2.75, 3.05) is 12.4 Å². The van der Waals surface area contributed by atoms with Gasteiger partial charge in [-0.15, -0.1) is 0 Å². The first-order chi connectivity index (χ1) is 10.2. The maximum atomic E-state index is 12.1. The van der Waals surface area contributed by atoms with Gasteiger partial charge in [0, 0.05) is 16.8 Å². The van der Waals surface area contributed by atoms with Gasteiger partial charge in [0.15, 0.2) is 0 Å². The van der Waals surface area contributed by atoms with Gasteiger partial charge in [-0.05, 0) is 41.8 Å². The van der Waals surface area contributed by atoms with E-state index in [1.165, 1.54) is 5.56 Å². The number of hydrogen-bond acceptors (Lipinski definition) is 2. The monoisotopic (exact) mass is 279 g/mol. The molecule has 1 aliphatic rings. The second-order valence-corrected chi connectivity index (χ2v) is 5.02. The van der Waals surface area contributed by atoms with Crippen molar-refractivity contribution in [2.24, 2.45) is 0 Å². The van der Waals surface area contributed by atoms with Gasteiger partial charge >= 0.3 is 0 Å². The van der Waals surface area contributed by atoms with Crippen LogP contribution in [0.25, 0.3) is 11.6 Å². The molecule has 0 atom stereocenters. The highest BCUT2D eigenvalue weighted by atomic mass is 16.5. The van der Waals surface area contributed by atoms with E-state index in [9.17, 15) is 4.79 Å². The molecule has 2 aromatic rings. The SMILES string of the molecule is CCc1ccc(/C=C2/C(=O)Nc3ccc(OC)cc32)cc1. The predicted octanol–water partition coefficient (Wildman–Crippen LogP) is 3.75. The van der Waals surface area contributed by atoms with Gasteiger partial charge in [0.2, 0.25) is 0 Å². The van der Waals surface area contributed by atoms with Gasteiger partial charge in [-0.3, -0.25) is 4.79 Å². The Hall–Kier alpha value is -2.55. The molecule has 0 aliphatic carbocycles. The van der Waals surface area contributed by atoms with E-state index in [1.807, 2.05) is 36.4 Å². The number of benzene rings is 2. The third kappa shape index (κ3) is 2.55. The van der Waals surface area contributed by atoms with Crippen LogP contribution in [0.2, 0.25) is 0 Å². The van der Waals surface area contributed by atoms with Crippen molar-refractivity contribution in [3.8, 4) is 5.75 Å². The third-order valence-electron chi connectivity index (χ3n) is 3.71. The van der Waals surface area contributed by atoms with Crippen LogP contribution in [0.5, 0.6) is 5.75 Å². The van der Waals surface area contributed by atoms with Crippen LogP contribution in [-0.2, 0) is 11.2 Å². The van der Waals surface area contributed by atoms with Gasteiger partial charge < -0.3 is 10.1 Å². The molecule has 0 spiro atoms. The minimum atomic E-state index is -0.0715. The first kappa shape index (κ1) is 13.4. The number of methoxy groups -OCH3 is 1. The molecule has 3 heteroatoms. The number of rotatable bonds is 3. The fourth-order valence-electron chi connectivity index (χ4n) is 2.45. The quantitative estimate of drug-likeness (QED) is 0.869. The first-order valence-corrected chi connectivity index (χ1v) is 7.01. The average Bonchev–Trinajstić information content (AvgIpc) is 2.83. The van der Waals surface area contributed by atoms with Crippen LogP contribution in [0.3, 0.4) is 0 Å². The maximum Gasteiger partial charge on any atom is 0.256 e. The van der Waals surface area contributed by atoms with Crippen LogP contribution in [0, 0.1) is 0 Å². The molecule has 3 nitrogen and oxygen atoms in total. The van der Waals surface area contributed by atoms with Crippen LogP contribution in [-0.4, -0.2) is 13.0 Å². The number of nitrogens with one attached hydrogen (secondary N) is 1. The Morgan fingerprint density at radius 3 is 2.57 bits per heavy atom. The molecule has 0 bridgehead atoms. The third-order valence-corrected chi connectivity index (χ3v) is 3.71. The van der Waals surface area contributed by atoms with Crippen molar-refractivity contribution in [1.82, 2.24) is 0 Å². The van der Waals surface area contributed by atoms with Crippen LogP contribution < -0.4 is 10.1 Å². The van der Waals surface area contributed by atoms with Gasteiger partial charge in [-0.1, -0.05) is 31.2 Å². The average molecular weight is 279 g/mol. The summed E-state index contributed by atoms with van der Waals surface area (Å²) in [6, 6.07) is 13.9. The summed E-state index contributed by atoms with van der Waals surface area (Å²) in [5.41, 5.74) is 4.70. The second kappa shape index (κ2) is 5.44. The summed E-state index contributed by atoms with van der Waals surface area (Å²) in [5.74, 6) is 0.676. The fraction of sp³-hybridized carbons (Fsp3) is 0.167. The lowest BCUT2D eigenvalue weighted by Crippen LogP contribution is -2.03. The van der Waals surface area contributed by atoms with Gasteiger partial charge in [-0.25, -0.2) is 0 Å². The van der Waals surface area contributed by atoms with Crippen LogP contribution in [0.1, 0.15) is 23.6 Å². The second-order valence-electron chi connectivity index (χ2n) is 5.02. The summed E-state index contributed by atoms with van der Waals surface area (Å²) >= 11 is 0. The molecule has 0 radical (unpaired) electrons. The smallest absolute Gasteiger partial charge is 0.256 e. The summed E-state index contributed by atoms with van der Waals surface area (Å²) in [7, 11) is 1.62. The van der Waals surface area contributed by atoms with E-state index in [-0.39, 0.29) is 5.91 Å². The maximum absolute atomic E-state index is 12.1. The molecule has 2 aromatic carbocycles. The zero-order valence-corrected chi connectivity index (χ0v) is 12.1. The molecule has 1 amide bonds. The minimum absolute atomic E-state index is 0.0715. The van der Waals surface area contributed by atoms with Crippen LogP contribution in [0.4, 0.5) is 5.69 Å². The molecule has 21 heavy (non-hydrogen) atoms. The summed E-state index contributed by atoms with van der Waals surface area (Å²) in [6.07, 6.45) is 2.93. The minimum Gasteiger partial charge on any atom is -0.497 e. The number of ether oxygens (including phenoxy) is 1. The van der Waals surface area contributed by atoms with Gasteiger partial charge in [0.1, 0.15) is 5.75 Å². The number of aryl methyl sites for hydroxylation is 1. The fourth-order valence-corrected chi connectivity index (χ4v) is 2.45. The molecule has 0 fully saturated rings. The van der Waals surface area contributed by atoms with E-state index < -0.39 is 0 Å². The topological polar surface area (TPSA) is 38.3 Å². The van der Waals surface area contributed by atoms with Gasteiger partial charge in [-0.2, -0.15) is 0 Å². The number of fused-ring (bicyclic) bond motifs is 1. The molecule has 0 unspecified atom stereocenters. The van der Waals surface area contributed by atoms with Crippen molar-refractivity contribution in [1.29, 1.82) is 0 Å². The van der Waals surface area contributed by atoms with Crippen molar-refractivity contribution >= 4 is 23.2 Å². The molecule has 1 N–H and O–H groups in total. The van der Waals surface area contributed by atoms with E-state index in [1.54, 1.807) is 7.11 Å². The van der Waals surface area contributed by atoms with Crippen LogP contribution >= 0.6 is 0 Å². The molecular weight excluding hydrogens is 262 g/mol. The van der Waals surface area contributed by atoms with E-state index in [4.69, 9.17) is 4.74 Å². The standard InChI is InChI=1S/C18H17NO2/c1-3-12-4-6-13(7-5-12)10-16-15-11-14(21-2)8-9-17(15)19-18(16)20/h4-11H,3H2,1-2H3,(H,19,20)/b16-10+.